The molecule has 0 amide bonds. The lowest BCUT2D eigenvalue weighted by Gasteiger charge is -2.41. The van der Waals surface area contributed by atoms with Crippen molar-refractivity contribution in [1.82, 2.24) is 0 Å². The highest BCUT2D eigenvalue weighted by atomic mass is 16.5. The van der Waals surface area contributed by atoms with Gasteiger partial charge in [0, 0.05) is 38.7 Å². The number of hydrogen-bond donors (Lipinski definition) is 1. The van der Waals surface area contributed by atoms with Gasteiger partial charge in [-0.05, 0) is 13.3 Å². The molecule has 1 atom stereocenters. The van der Waals surface area contributed by atoms with Crippen LogP contribution in [0.4, 0.5) is 0 Å². The Balaban J connectivity index is 2.14. The van der Waals surface area contributed by atoms with Crippen LogP contribution in [0.2, 0.25) is 0 Å². The highest BCUT2D eigenvalue weighted by Gasteiger charge is 2.38. The Bertz CT molecular complexity index is 234. The summed E-state index contributed by atoms with van der Waals surface area (Å²) >= 11 is 0. The van der Waals surface area contributed by atoms with Gasteiger partial charge in [0.2, 0.25) is 0 Å². The molecule has 1 rings (SSSR count). The van der Waals surface area contributed by atoms with Gasteiger partial charge in [-0.3, -0.25) is 0 Å². The van der Waals surface area contributed by atoms with Gasteiger partial charge in [0.05, 0.1) is 5.60 Å². The van der Waals surface area contributed by atoms with Crippen molar-refractivity contribution in [1.29, 1.82) is 0 Å². The first-order valence-corrected chi connectivity index (χ1v) is 9.22. The molecule has 126 valence electrons. The van der Waals surface area contributed by atoms with E-state index < -0.39 is 0 Å². The zero-order chi connectivity index (χ0) is 15.4. The molecular weight excluding hydrogens is 262 g/mol. The summed E-state index contributed by atoms with van der Waals surface area (Å²) in [4.78, 5) is 0. The third-order valence-corrected chi connectivity index (χ3v) is 4.82. The molecule has 0 aliphatic carbocycles. The van der Waals surface area contributed by atoms with Gasteiger partial charge in [-0.2, -0.15) is 0 Å². The zero-order valence-corrected chi connectivity index (χ0v) is 14.4. The third-order valence-electron chi connectivity index (χ3n) is 4.82. The topological polar surface area (TPSA) is 44.5 Å². The van der Waals surface area contributed by atoms with Crippen LogP contribution in [0.3, 0.4) is 0 Å². The van der Waals surface area contributed by atoms with Crippen molar-refractivity contribution in [2.75, 3.05) is 19.8 Å². The van der Waals surface area contributed by atoms with Crippen molar-refractivity contribution in [2.24, 2.45) is 5.73 Å². The number of unbranched alkanes of at least 4 members (excludes halogenated alkanes) is 7. The molecule has 21 heavy (non-hydrogen) atoms. The van der Waals surface area contributed by atoms with Crippen LogP contribution in [0.15, 0.2) is 0 Å². The molecule has 0 saturated carbocycles. The molecule has 3 heteroatoms. The highest BCUT2D eigenvalue weighted by molar-refractivity contribution is 4.93. The van der Waals surface area contributed by atoms with E-state index in [1.165, 1.54) is 51.4 Å². The van der Waals surface area contributed by atoms with E-state index in [4.69, 9.17) is 15.2 Å². The summed E-state index contributed by atoms with van der Waals surface area (Å²) < 4.78 is 11.5. The predicted molar refractivity (Wildman–Crippen MR) is 89.6 cm³/mol. The van der Waals surface area contributed by atoms with Gasteiger partial charge < -0.3 is 15.2 Å². The van der Waals surface area contributed by atoms with Crippen LogP contribution in [0.25, 0.3) is 0 Å². The van der Waals surface area contributed by atoms with E-state index in [9.17, 15) is 0 Å². The third kappa shape index (κ3) is 7.12. The molecule has 2 N–H and O–H groups in total. The summed E-state index contributed by atoms with van der Waals surface area (Å²) in [7, 11) is 0. The number of hydrogen-bond acceptors (Lipinski definition) is 3. The molecule has 1 aliphatic rings. The second kappa shape index (κ2) is 11.4. The molecule has 0 spiro atoms. The first-order valence-electron chi connectivity index (χ1n) is 9.22. The van der Waals surface area contributed by atoms with Crippen LogP contribution in [0.5, 0.6) is 0 Å². The molecule has 0 aromatic heterocycles. The molecule has 1 unspecified atom stereocenters. The molecule has 0 aromatic carbocycles. The van der Waals surface area contributed by atoms with Gasteiger partial charge in [-0.15, -0.1) is 0 Å². The molecular formula is C18H37NO2. The number of nitrogens with two attached hydrogens (primary N) is 1. The minimum absolute atomic E-state index is 0.117. The van der Waals surface area contributed by atoms with E-state index in [2.05, 4.69) is 13.8 Å². The Hall–Kier alpha value is -0.120. The quantitative estimate of drug-likeness (QED) is 0.542. The fourth-order valence-corrected chi connectivity index (χ4v) is 3.39. The van der Waals surface area contributed by atoms with E-state index in [0.717, 1.165) is 39.1 Å². The maximum Gasteiger partial charge on any atom is 0.0876 e. The van der Waals surface area contributed by atoms with E-state index in [0.29, 0.717) is 0 Å². The lowest BCUT2D eigenvalue weighted by Crippen LogP contribution is -2.53. The summed E-state index contributed by atoms with van der Waals surface area (Å²) in [5, 5.41) is 0. The monoisotopic (exact) mass is 299 g/mol. The van der Waals surface area contributed by atoms with Crippen molar-refractivity contribution >= 4 is 0 Å². The van der Waals surface area contributed by atoms with Gasteiger partial charge in [-0.1, -0.05) is 58.3 Å². The smallest absolute Gasteiger partial charge is 0.0876 e. The Morgan fingerprint density at radius 3 is 2.10 bits per heavy atom. The van der Waals surface area contributed by atoms with Crippen LogP contribution in [-0.4, -0.2) is 31.5 Å². The lowest BCUT2D eigenvalue weighted by molar-refractivity contribution is -0.121. The number of rotatable bonds is 12. The average Bonchev–Trinajstić information content (AvgIpc) is 2.51. The summed E-state index contributed by atoms with van der Waals surface area (Å²) in [6.45, 7) is 6.69. The molecule has 1 heterocycles. The van der Waals surface area contributed by atoms with E-state index in [1.54, 1.807) is 0 Å². The van der Waals surface area contributed by atoms with Gasteiger partial charge in [-0.25, -0.2) is 0 Å². The highest BCUT2D eigenvalue weighted by Crippen LogP contribution is 2.30. The molecule has 1 aliphatic heterocycles. The van der Waals surface area contributed by atoms with Crippen molar-refractivity contribution in [3.05, 3.63) is 0 Å². The Kier molecular flexibility index (Phi) is 10.3. The lowest BCUT2D eigenvalue weighted by atomic mass is 9.83. The van der Waals surface area contributed by atoms with Gasteiger partial charge >= 0.3 is 0 Å². The van der Waals surface area contributed by atoms with Crippen LogP contribution >= 0.6 is 0 Å². The summed E-state index contributed by atoms with van der Waals surface area (Å²) in [5.41, 5.74) is 6.35. The SMILES string of the molecule is CCCCCCCCCCC(N)C1(OCC)CCOCC1. The Labute approximate surface area is 132 Å². The molecule has 0 aromatic rings. The minimum Gasteiger partial charge on any atom is -0.381 e. The van der Waals surface area contributed by atoms with Gasteiger partial charge in [0.25, 0.3) is 0 Å². The Morgan fingerprint density at radius 1 is 0.952 bits per heavy atom. The summed E-state index contributed by atoms with van der Waals surface area (Å²) in [5.74, 6) is 0. The second-order valence-corrected chi connectivity index (χ2v) is 6.48. The maximum atomic E-state index is 6.47. The average molecular weight is 299 g/mol. The van der Waals surface area contributed by atoms with E-state index >= 15 is 0 Å². The van der Waals surface area contributed by atoms with Gasteiger partial charge in [0.1, 0.15) is 0 Å². The van der Waals surface area contributed by atoms with Crippen molar-refractivity contribution in [3.8, 4) is 0 Å². The van der Waals surface area contributed by atoms with Crippen molar-refractivity contribution < 1.29 is 9.47 Å². The zero-order valence-electron chi connectivity index (χ0n) is 14.4. The Morgan fingerprint density at radius 2 is 1.52 bits per heavy atom. The standard InChI is InChI=1S/C18H37NO2/c1-3-5-6-7-8-9-10-11-12-17(19)18(21-4-2)13-15-20-16-14-18/h17H,3-16,19H2,1-2H3. The van der Waals surface area contributed by atoms with Crippen molar-refractivity contribution in [2.45, 2.75) is 96.1 Å². The molecule has 0 radical (unpaired) electrons. The van der Waals surface area contributed by atoms with Crippen LogP contribution in [0.1, 0.15) is 84.5 Å². The number of ether oxygens (including phenoxy) is 2. The fraction of sp³-hybridized carbons (Fsp3) is 1.00. The van der Waals surface area contributed by atoms with E-state index in [1.807, 2.05) is 0 Å². The first-order chi connectivity index (χ1) is 10.2. The van der Waals surface area contributed by atoms with E-state index in [-0.39, 0.29) is 11.6 Å². The van der Waals surface area contributed by atoms with Crippen molar-refractivity contribution in [3.63, 3.8) is 0 Å². The maximum absolute atomic E-state index is 6.47. The molecule has 0 bridgehead atoms. The molecule has 1 saturated heterocycles. The largest absolute Gasteiger partial charge is 0.381 e. The predicted octanol–water partition coefficient (Wildman–Crippen LogP) is 4.43. The van der Waals surface area contributed by atoms with Gasteiger partial charge in [0.15, 0.2) is 0 Å². The summed E-state index contributed by atoms with van der Waals surface area (Å²) in [6, 6.07) is 0.168. The normalized spacial score (nSPS) is 19.6. The van der Waals surface area contributed by atoms with Crippen LogP contribution in [0, 0.1) is 0 Å². The second-order valence-electron chi connectivity index (χ2n) is 6.48. The molecule has 1 fully saturated rings. The molecule has 3 nitrogen and oxygen atoms in total. The van der Waals surface area contributed by atoms with Crippen LogP contribution in [-0.2, 0) is 9.47 Å². The first kappa shape index (κ1) is 18.9. The minimum atomic E-state index is -0.117. The van der Waals surface area contributed by atoms with Crippen LogP contribution < -0.4 is 5.73 Å². The summed E-state index contributed by atoms with van der Waals surface area (Å²) in [6.07, 6.45) is 13.8. The fourth-order valence-electron chi connectivity index (χ4n) is 3.39.